The lowest BCUT2D eigenvalue weighted by molar-refractivity contribution is -0.118. The highest BCUT2D eigenvalue weighted by Crippen LogP contribution is 2.31. The Bertz CT molecular complexity index is 1210. The molecule has 1 aromatic heterocycles. The van der Waals surface area contributed by atoms with Gasteiger partial charge in [0.1, 0.15) is 11.5 Å². The number of para-hydroxylation sites is 2. The molecule has 0 aliphatic heterocycles. The summed E-state index contributed by atoms with van der Waals surface area (Å²) in [4.78, 5) is 17.4. The fourth-order valence-corrected chi connectivity index (χ4v) is 3.37. The Morgan fingerprint density at radius 2 is 1.68 bits per heavy atom. The second-order valence-electron chi connectivity index (χ2n) is 7.16. The number of hydrogen-bond donors (Lipinski definition) is 1. The topological polar surface area (TPSA) is 60.5 Å². The Kier molecular flexibility index (Phi) is 6.13. The van der Waals surface area contributed by atoms with Gasteiger partial charge in [-0.25, -0.2) is 4.98 Å². The van der Waals surface area contributed by atoms with Crippen LogP contribution >= 0.6 is 0 Å². The smallest absolute Gasteiger partial charge is 0.262 e. The van der Waals surface area contributed by atoms with Crippen molar-refractivity contribution in [2.24, 2.45) is 0 Å². The van der Waals surface area contributed by atoms with E-state index in [4.69, 9.17) is 14.5 Å². The van der Waals surface area contributed by atoms with Crippen molar-refractivity contribution in [1.82, 2.24) is 4.98 Å². The summed E-state index contributed by atoms with van der Waals surface area (Å²) >= 11 is 0. The number of hydrogen-bond acceptors (Lipinski definition) is 4. The molecule has 0 radical (unpaired) electrons. The molecular formula is C26H24N2O3. The average molecular weight is 412 g/mol. The molecule has 0 saturated heterocycles. The van der Waals surface area contributed by atoms with Gasteiger partial charge in [-0.3, -0.25) is 4.79 Å². The first-order valence-corrected chi connectivity index (χ1v) is 10.3. The lowest BCUT2D eigenvalue weighted by atomic mass is 10.1. The number of nitrogens with zero attached hydrogens (tertiary/aromatic N) is 1. The molecule has 0 spiro atoms. The molecular weight excluding hydrogens is 388 g/mol. The van der Waals surface area contributed by atoms with Crippen LogP contribution in [0, 0.1) is 6.92 Å². The van der Waals surface area contributed by atoms with E-state index in [0.717, 1.165) is 27.7 Å². The number of pyridine rings is 1. The predicted octanol–water partition coefficient (Wildman–Crippen LogP) is 5.63. The van der Waals surface area contributed by atoms with E-state index < -0.39 is 0 Å². The highest BCUT2D eigenvalue weighted by Gasteiger charge is 2.12. The number of aryl methyl sites for hydroxylation is 1. The van der Waals surface area contributed by atoms with E-state index in [2.05, 4.69) is 5.32 Å². The molecule has 31 heavy (non-hydrogen) atoms. The summed E-state index contributed by atoms with van der Waals surface area (Å²) < 4.78 is 11.5. The van der Waals surface area contributed by atoms with Crippen molar-refractivity contribution in [3.63, 3.8) is 0 Å². The van der Waals surface area contributed by atoms with Crippen molar-refractivity contribution in [3.05, 3.63) is 84.4 Å². The minimum Gasteiger partial charge on any atom is -0.492 e. The SMILES string of the molecule is CCOc1ccccc1NC(=O)COc1cc(-c2ccccc2)nc2ccc(C)cc12. The molecule has 0 aliphatic carbocycles. The van der Waals surface area contributed by atoms with Gasteiger partial charge in [0.15, 0.2) is 6.61 Å². The number of nitrogens with one attached hydrogen (secondary N) is 1. The van der Waals surface area contributed by atoms with Crippen LogP contribution in [0.1, 0.15) is 12.5 Å². The maximum absolute atomic E-state index is 12.6. The minimum absolute atomic E-state index is 0.123. The fraction of sp³-hybridized carbons (Fsp3) is 0.154. The molecule has 3 aromatic carbocycles. The van der Waals surface area contributed by atoms with Crippen molar-refractivity contribution in [2.75, 3.05) is 18.5 Å². The minimum atomic E-state index is -0.258. The normalized spacial score (nSPS) is 10.6. The maximum Gasteiger partial charge on any atom is 0.262 e. The molecule has 0 fully saturated rings. The molecule has 1 heterocycles. The molecule has 0 aliphatic rings. The van der Waals surface area contributed by atoms with Gasteiger partial charge in [-0.05, 0) is 38.1 Å². The highest BCUT2D eigenvalue weighted by atomic mass is 16.5. The van der Waals surface area contributed by atoms with Crippen LogP contribution in [0.2, 0.25) is 0 Å². The zero-order valence-corrected chi connectivity index (χ0v) is 17.6. The lowest BCUT2D eigenvalue weighted by Gasteiger charge is -2.14. The van der Waals surface area contributed by atoms with Crippen LogP contribution < -0.4 is 14.8 Å². The van der Waals surface area contributed by atoms with E-state index in [1.54, 1.807) is 0 Å². The molecule has 4 aromatic rings. The molecule has 1 N–H and O–H groups in total. The van der Waals surface area contributed by atoms with Crippen molar-refractivity contribution in [2.45, 2.75) is 13.8 Å². The quantitative estimate of drug-likeness (QED) is 0.428. The molecule has 0 saturated carbocycles. The number of anilines is 1. The van der Waals surface area contributed by atoms with Gasteiger partial charge in [0, 0.05) is 17.0 Å². The number of carbonyl (C=O) groups excluding carboxylic acids is 1. The number of fused-ring (bicyclic) bond motifs is 1. The number of amides is 1. The molecule has 4 rings (SSSR count). The highest BCUT2D eigenvalue weighted by molar-refractivity contribution is 5.94. The second kappa shape index (κ2) is 9.30. The number of benzene rings is 3. The number of ether oxygens (including phenoxy) is 2. The molecule has 0 unspecified atom stereocenters. The Morgan fingerprint density at radius 1 is 0.903 bits per heavy atom. The summed E-state index contributed by atoms with van der Waals surface area (Å²) in [5.41, 5.74) is 4.34. The van der Waals surface area contributed by atoms with Gasteiger partial charge >= 0.3 is 0 Å². The van der Waals surface area contributed by atoms with Gasteiger partial charge in [0.2, 0.25) is 0 Å². The third kappa shape index (κ3) is 4.83. The molecule has 156 valence electrons. The van der Waals surface area contributed by atoms with Gasteiger partial charge in [0.25, 0.3) is 5.91 Å². The first-order valence-electron chi connectivity index (χ1n) is 10.3. The lowest BCUT2D eigenvalue weighted by Crippen LogP contribution is -2.20. The zero-order chi connectivity index (χ0) is 21.6. The maximum atomic E-state index is 12.6. The summed E-state index contributed by atoms with van der Waals surface area (Å²) in [6.07, 6.45) is 0. The largest absolute Gasteiger partial charge is 0.492 e. The molecule has 5 heteroatoms. The zero-order valence-electron chi connectivity index (χ0n) is 17.6. The Hall–Kier alpha value is -3.86. The van der Waals surface area contributed by atoms with Crippen molar-refractivity contribution < 1.29 is 14.3 Å². The van der Waals surface area contributed by atoms with E-state index in [1.165, 1.54) is 0 Å². The Labute approximate surface area is 181 Å². The van der Waals surface area contributed by atoms with Gasteiger partial charge in [0.05, 0.1) is 23.5 Å². The van der Waals surface area contributed by atoms with Crippen molar-refractivity contribution in [1.29, 1.82) is 0 Å². The summed E-state index contributed by atoms with van der Waals surface area (Å²) in [6, 6.07) is 25.2. The summed E-state index contributed by atoms with van der Waals surface area (Å²) in [7, 11) is 0. The van der Waals surface area contributed by atoms with Crippen LogP contribution in [0.15, 0.2) is 78.9 Å². The Balaban J connectivity index is 1.59. The van der Waals surface area contributed by atoms with E-state index in [1.807, 2.05) is 92.7 Å². The summed E-state index contributed by atoms with van der Waals surface area (Å²) in [5, 5.41) is 3.74. The third-order valence-corrected chi connectivity index (χ3v) is 4.82. The van der Waals surface area contributed by atoms with E-state index in [9.17, 15) is 4.79 Å². The number of aromatic nitrogens is 1. The van der Waals surface area contributed by atoms with E-state index in [0.29, 0.717) is 23.8 Å². The standard InChI is InChI=1S/C26H24N2O3/c1-3-30-24-12-8-7-11-22(24)28-26(29)17-31-25-16-23(19-9-5-4-6-10-19)27-21-14-13-18(2)15-20(21)25/h4-16H,3,17H2,1-2H3,(H,28,29). The first kappa shape index (κ1) is 20.4. The number of carbonyl (C=O) groups is 1. The van der Waals surface area contributed by atoms with Gasteiger partial charge < -0.3 is 14.8 Å². The second-order valence-corrected chi connectivity index (χ2v) is 7.16. The Morgan fingerprint density at radius 3 is 2.48 bits per heavy atom. The van der Waals surface area contributed by atoms with Crippen molar-refractivity contribution in [3.8, 4) is 22.8 Å². The number of rotatable bonds is 7. The molecule has 1 amide bonds. The van der Waals surface area contributed by atoms with E-state index in [-0.39, 0.29) is 12.5 Å². The fourth-order valence-electron chi connectivity index (χ4n) is 3.37. The van der Waals surface area contributed by atoms with Crippen LogP contribution in [-0.4, -0.2) is 24.1 Å². The average Bonchev–Trinajstić information content (AvgIpc) is 2.79. The van der Waals surface area contributed by atoms with Gasteiger partial charge in [-0.15, -0.1) is 0 Å². The van der Waals surface area contributed by atoms with Crippen molar-refractivity contribution >= 4 is 22.5 Å². The monoisotopic (exact) mass is 412 g/mol. The van der Waals surface area contributed by atoms with Gasteiger partial charge in [-0.2, -0.15) is 0 Å². The molecule has 0 atom stereocenters. The first-order chi connectivity index (χ1) is 15.1. The van der Waals surface area contributed by atoms with E-state index >= 15 is 0 Å². The third-order valence-electron chi connectivity index (χ3n) is 4.82. The summed E-state index contributed by atoms with van der Waals surface area (Å²) in [6.45, 7) is 4.32. The molecule has 0 bridgehead atoms. The van der Waals surface area contributed by atoms with Crippen LogP contribution in [-0.2, 0) is 4.79 Å². The van der Waals surface area contributed by atoms with Crippen LogP contribution in [0.3, 0.4) is 0 Å². The summed E-state index contributed by atoms with van der Waals surface area (Å²) in [5.74, 6) is 1.00. The predicted molar refractivity (Wildman–Crippen MR) is 124 cm³/mol. The van der Waals surface area contributed by atoms with Gasteiger partial charge in [-0.1, -0.05) is 54.1 Å². The van der Waals surface area contributed by atoms with Crippen LogP contribution in [0.25, 0.3) is 22.2 Å². The van der Waals surface area contributed by atoms with Crippen LogP contribution in [0.4, 0.5) is 5.69 Å². The molecule has 5 nitrogen and oxygen atoms in total. The van der Waals surface area contributed by atoms with Crippen LogP contribution in [0.5, 0.6) is 11.5 Å².